The first kappa shape index (κ1) is 14.3. The molecule has 0 bridgehead atoms. The summed E-state index contributed by atoms with van der Waals surface area (Å²) in [6.07, 6.45) is -2.26. The van der Waals surface area contributed by atoms with E-state index in [9.17, 15) is 13.2 Å². The highest BCUT2D eigenvalue weighted by Gasteiger charge is 2.35. The van der Waals surface area contributed by atoms with Crippen molar-refractivity contribution in [3.8, 4) is 5.82 Å². The van der Waals surface area contributed by atoms with E-state index in [0.29, 0.717) is 12.2 Å². The van der Waals surface area contributed by atoms with Gasteiger partial charge in [0.25, 0.3) is 0 Å². The van der Waals surface area contributed by atoms with E-state index in [1.165, 1.54) is 10.7 Å². The zero-order valence-corrected chi connectivity index (χ0v) is 11.1. The number of nitrogens with one attached hydrogen (secondary N) is 1. The molecule has 5 nitrogen and oxygen atoms in total. The van der Waals surface area contributed by atoms with Crippen molar-refractivity contribution in [2.75, 3.05) is 11.9 Å². The summed E-state index contributed by atoms with van der Waals surface area (Å²) in [5.41, 5.74) is 0.695. The summed E-state index contributed by atoms with van der Waals surface area (Å²) >= 11 is 0. The van der Waals surface area contributed by atoms with E-state index < -0.39 is 12.0 Å². The van der Waals surface area contributed by atoms with Crippen molar-refractivity contribution in [2.24, 2.45) is 0 Å². The zero-order valence-electron chi connectivity index (χ0n) is 11.1. The Bertz CT molecular complexity index is 591. The Morgan fingerprint density at radius 2 is 2.05 bits per heavy atom. The summed E-state index contributed by atoms with van der Waals surface area (Å²) in [7, 11) is 0. The maximum atomic E-state index is 12.8. The van der Waals surface area contributed by atoms with Gasteiger partial charge in [0.05, 0.1) is 5.69 Å². The average Bonchev–Trinajstić information content (AvgIpc) is 2.82. The largest absolute Gasteiger partial charge is 0.451 e. The van der Waals surface area contributed by atoms with E-state index in [1.807, 2.05) is 6.92 Å². The molecule has 0 amide bonds. The van der Waals surface area contributed by atoms with Crippen LogP contribution in [-0.4, -0.2) is 26.3 Å². The maximum Gasteiger partial charge on any atom is 0.451 e. The molecular weight excluding hydrogens is 271 g/mol. The average molecular weight is 285 g/mol. The second kappa shape index (κ2) is 5.48. The van der Waals surface area contributed by atoms with Crippen molar-refractivity contribution in [1.29, 1.82) is 0 Å². The van der Waals surface area contributed by atoms with Crippen LogP contribution < -0.4 is 5.32 Å². The molecule has 0 fully saturated rings. The van der Waals surface area contributed by atoms with Crippen LogP contribution in [0.3, 0.4) is 0 Å². The molecular formula is C12H14F3N5. The third kappa shape index (κ3) is 3.25. The zero-order chi connectivity index (χ0) is 14.8. The smallest absolute Gasteiger partial charge is 0.370 e. The van der Waals surface area contributed by atoms with Crippen molar-refractivity contribution in [1.82, 2.24) is 19.7 Å². The van der Waals surface area contributed by atoms with Crippen molar-refractivity contribution < 1.29 is 13.2 Å². The number of aryl methyl sites for hydroxylation is 1. The lowest BCUT2D eigenvalue weighted by Crippen LogP contribution is -2.16. The molecule has 0 aliphatic rings. The minimum absolute atomic E-state index is 0.0824. The van der Waals surface area contributed by atoms with E-state index in [-0.39, 0.29) is 11.6 Å². The molecule has 2 aromatic heterocycles. The molecule has 0 aromatic carbocycles. The molecule has 1 N–H and O–H groups in total. The monoisotopic (exact) mass is 285 g/mol. The van der Waals surface area contributed by atoms with Crippen LogP contribution in [0.15, 0.2) is 18.3 Å². The Hall–Kier alpha value is -2.12. The van der Waals surface area contributed by atoms with Gasteiger partial charge >= 0.3 is 6.18 Å². The fraction of sp³-hybridized carbons (Fsp3) is 0.417. The predicted molar refractivity (Wildman–Crippen MR) is 67.7 cm³/mol. The highest BCUT2D eigenvalue weighted by atomic mass is 19.4. The summed E-state index contributed by atoms with van der Waals surface area (Å²) in [6, 6.07) is 3.13. The molecule has 0 spiro atoms. The van der Waals surface area contributed by atoms with Crippen LogP contribution in [0, 0.1) is 6.92 Å². The van der Waals surface area contributed by atoms with Gasteiger partial charge in [-0.2, -0.15) is 18.3 Å². The lowest BCUT2D eigenvalue weighted by Gasteiger charge is -2.11. The molecule has 2 rings (SSSR count). The van der Waals surface area contributed by atoms with Crippen molar-refractivity contribution in [3.05, 3.63) is 29.8 Å². The molecule has 2 aromatic rings. The minimum Gasteiger partial charge on any atom is -0.370 e. The Kier molecular flexibility index (Phi) is 3.91. The summed E-state index contributed by atoms with van der Waals surface area (Å²) in [5.74, 6) is -0.960. The maximum absolute atomic E-state index is 12.8. The molecule has 0 saturated carbocycles. The third-order valence-electron chi connectivity index (χ3n) is 2.48. The molecule has 8 heteroatoms. The Balaban J connectivity index is 2.45. The molecule has 0 aliphatic carbocycles. The summed E-state index contributed by atoms with van der Waals surface area (Å²) in [4.78, 5) is 7.01. The number of hydrogen-bond donors (Lipinski definition) is 1. The van der Waals surface area contributed by atoms with Crippen LogP contribution in [-0.2, 0) is 6.18 Å². The second-order valence-electron chi connectivity index (χ2n) is 4.26. The van der Waals surface area contributed by atoms with Gasteiger partial charge in [0.15, 0.2) is 5.82 Å². The number of halogens is 3. The highest BCUT2D eigenvalue weighted by molar-refractivity contribution is 5.41. The third-order valence-corrected chi connectivity index (χ3v) is 2.48. The lowest BCUT2D eigenvalue weighted by atomic mass is 10.4. The van der Waals surface area contributed by atoms with Gasteiger partial charge in [-0.3, -0.25) is 0 Å². The van der Waals surface area contributed by atoms with E-state index in [4.69, 9.17) is 0 Å². The molecule has 0 saturated heterocycles. The van der Waals surface area contributed by atoms with Gasteiger partial charge in [-0.25, -0.2) is 14.6 Å². The summed E-state index contributed by atoms with van der Waals surface area (Å²) < 4.78 is 39.7. The number of alkyl halides is 3. The predicted octanol–water partition coefficient (Wildman–Crippen LogP) is 2.81. The van der Waals surface area contributed by atoms with Crippen molar-refractivity contribution >= 4 is 5.82 Å². The van der Waals surface area contributed by atoms with Gasteiger partial charge in [-0.05, 0) is 19.4 Å². The molecule has 2 heterocycles. The summed E-state index contributed by atoms with van der Waals surface area (Å²) in [6.45, 7) is 4.20. The first-order valence-electron chi connectivity index (χ1n) is 6.13. The first-order chi connectivity index (χ1) is 9.40. The van der Waals surface area contributed by atoms with Crippen LogP contribution in [0.2, 0.25) is 0 Å². The van der Waals surface area contributed by atoms with E-state index in [2.05, 4.69) is 20.4 Å². The molecule has 0 aliphatic heterocycles. The second-order valence-corrected chi connectivity index (χ2v) is 4.26. The van der Waals surface area contributed by atoms with Gasteiger partial charge in [-0.1, -0.05) is 6.92 Å². The van der Waals surface area contributed by atoms with Crippen LogP contribution in [0.4, 0.5) is 19.0 Å². The molecule has 0 atom stereocenters. The SMILES string of the molecule is CCCNc1cc(-n2ccc(C)n2)nc(C(F)(F)F)n1. The quantitative estimate of drug-likeness (QED) is 0.938. The first-order valence-corrected chi connectivity index (χ1v) is 6.13. The minimum atomic E-state index is -4.60. The van der Waals surface area contributed by atoms with Crippen molar-refractivity contribution in [3.63, 3.8) is 0 Å². The van der Waals surface area contributed by atoms with E-state index in [0.717, 1.165) is 6.42 Å². The number of anilines is 1. The van der Waals surface area contributed by atoms with Gasteiger partial charge < -0.3 is 5.32 Å². The van der Waals surface area contributed by atoms with Crippen LogP contribution in [0.1, 0.15) is 24.9 Å². The topological polar surface area (TPSA) is 55.6 Å². The fourth-order valence-electron chi connectivity index (χ4n) is 1.56. The lowest BCUT2D eigenvalue weighted by molar-refractivity contribution is -0.144. The van der Waals surface area contributed by atoms with Gasteiger partial charge in [-0.15, -0.1) is 0 Å². The van der Waals surface area contributed by atoms with E-state index >= 15 is 0 Å². The van der Waals surface area contributed by atoms with Crippen LogP contribution in [0.5, 0.6) is 0 Å². The standard InChI is InChI=1S/C12H14F3N5/c1-3-5-16-9-7-10(20-6-4-8(2)19-20)18-11(17-9)12(13,14)15/h4,6-7H,3,5H2,1-2H3,(H,16,17,18). The van der Waals surface area contributed by atoms with Gasteiger partial charge in [0.2, 0.25) is 5.82 Å². The molecule has 20 heavy (non-hydrogen) atoms. The van der Waals surface area contributed by atoms with Crippen LogP contribution in [0.25, 0.3) is 5.82 Å². The van der Waals surface area contributed by atoms with E-state index in [1.54, 1.807) is 19.2 Å². The molecule has 0 radical (unpaired) electrons. The number of nitrogens with zero attached hydrogens (tertiary/aromatic N) is 4. The van der Waals surface area contributed by atoms with Gasteiger partial charge in [0, 0.05) is 18.8 Å². The molecule has 0 unspecified atom stereocenters. The fourth-order valence-corrected chi connectivity index (χ4v) is 1.56. The number of aromatic nitrogens is 4. The Morgan fingerprint density at radius 1 is 1.30 bits per heavy atom. The van der Waals surface area contributed by atoms with Gasteiger partial charge in [0.1, 0.15) is 5.82 Å². The molecule has 108 valence electrons. The normalized spacial score (nSPS) is 11.7. The highest BCUT2D eigenvalue weighted by Crippen LogP contribution is 2.27. The Labute approximate surface area is 113 Å². The number of rotatable bonds is 4. The van der Waals surface area contributed by atoms with Crippen molar-refractivity contribution in [2.45, 2.75) is 26.4 Å². The van der Waals surface area contributed by atoms with Crippen LogP contribution >= 0.6 is 0 Å². The number of hydrogen-bond acceptors (Lipinski definition) is 4. The summed E-state index contributed by atoms with van der Waals surface area (Å²) in [5, 5.41) is 6.89. The Morgan fingerprint density at radius 3 is 2.60 bits per heavy atom.